The highest BCUT2D eigenvalue weighted by Gasteiger charge is 2.30. The lowest BCUT2D eigenvalue weighted by Gasteiger charge is -2.40. The highest BCUT2D eigenvalue weighted by molar-refractivity contribution is 5.29. The van der Waals surface area contributed by atoms with E-state index in [-0.39, 0.29) is 5.41 Å². The zero-order valence-electron chi connectivity index (χ0n) is 20.8. The molecule has 0 N–H and O–H groups in total. The van der Waals surface area contributed by atoms with Crippen molar-refractivity contribution < 1.29 is 4.74 Å². The summed E-state index contributed by atoms with van der Waals surface area (Å²) < 4.78 is 5.24. The lowest BCUT2D eigenvalue weighted by molar-refractivity contribution is 0.124. The molecule has 0 aliphatic carbocycles. The maximum absolute atomic E-state index is 5.24. The number of benzene rings is 1. The largest absolute Gasteiger partial charge is 0.385 e. The van der Waals surface area contributed by atoms with Crippen LogP contribution in [0.25, 0.3) is 0 Å². The summed E-state index contributed by atoms with van der Waals surface area (Å²) in [5.41, 5.74) is 4.53. The number of nitrogens with zero attached hydrogens (tertiary/aromatic N) is 1. The van der Waals surface area contributed by atoms with Crippen LogP contribution in [0.1, 0.15) is 84.8 Å². The van der Waals surface area contributed by atoms with Gasteiger partial charge in [0.1, 0.15) is 0 Å². The molecule has 0 spiro atoms. The van der Waals surface area contributed by atoms with Crippen LogP contribution in [-0.4, -0.2) is 37.7 Å². The lowest BCUT2D eigenvalue weighted by Crippen LogP contribution is -2.43. The highest BCUT2D eigenvalue weighted by atomic mass is 16.5. The van der Waals surface area contributed by atoms with Gasteiger partial charge in [0, 0.05) is 19.8 Å². The third-order valence-corrected chi connectivity index (χ3v) is 6.70. The van der Waals surface area contributed by atoms with Crippen molar-refractivity contribution in [2.24, 2.45) is 11.8 Å². The summed E-state index contributed by atoms with van der Waals surface area (Å²) in [5, 5.41) is 0. The molecule has 2 heteroatoms. The van der Waals surface area contributed by atoms with Gasteiger partial charge < -0.3 is 4.74 Å². The quantitative estimate of drug-likeness (QED) is 0.285. The molecule has 1 aromatic carbocycles. The first-order valence-corrected chi connectivity index (χ1v) is 12.2. The Morgan fingerprint density at radius 3 is 2.30 bits per heavy atom. The van der Waals surface area contributed by atoms with Crippen molar-refractivity contribution >= 4 is 0 Å². The van der Waals surface area contributed by atoms with E-state index in [4.69, 9.17) is 4.74 Å². The third kappa shape index (κ3) is 8.19. The van der Waals surface area contributed by atoms with Crippen molar-refractivity contribution in [3.8, 4) is 0 Å². The van der Waals surface area contributed by atoms with Crippen LogP contribution in [0, 0.1) is 11.8 Å². The summed E-state index contributed by atoms with van der Waals surface area (Å²) in [4.78, 5) is 2.74. The van der Waals surface area contributed by atoms with E-state index in [1.54, 1.807) is 0 Å². The second-order valence-corrected chi connectivity index (χ2v) is 10.8. The second kappa shape index (κ2) is 12.1. The summed E-state index contributed by atoms with van der Waals surface area (Å²) in [6, 6.07) is 9.97. The molecule has 1 aliphatic heterocycles. The first kappa shape index (κ1) is 25.1. The van der Waals surface area contributed by atoms with Gasteiger partial charge in [0.2, 0.25) is 0 Å². The van der Waals surface area contributed by atoms with Crippen LogP contribution in [0.5, 0.6) is 0 Å². The van der Waals surface area contributed by atoms with Gasteiger partial charge in [-0.15, -0.1) is 0 Å². The number of methoxy groups -OCH3 is 1. The van der Waals surface area contributed by atoms with Gasteiger partial charge >= 0.3 is 0 Å². The second-order valence-electron chi connectivity index (χ2n) is 10.8. The molecule has 0 saturated carbocycles. The van der Waals surface area contributed by atoms with Crippen molar-refractivity contribution in [3.63, 3.8) is 0 Å². The molecule has 0 radical (unpaired) electrons. The third-order valence-electron chi connectivity index (χ3n) is 6.70. The van der Waals surface area contributed by atoms with E-state index >= 15 is 0 Å². The van der Waals surface area contributed by atoms with Crippen LogP contribution in [0.2, 0.25) is 0 Å². The minimum Gasteiger partial charge on any atom is -0.385 e. The summed E-state index contributed by atoms with van der Waals surface area (Å²) >= 11 is 0. The van der Waals surface area contributed by atoms with Gasteiger partial charge in [-0.3, -0.25) is 4.90 Å². The number of hydrogen-bond acceptors (Lipinski definition) is 2. The van der Waals surface area contributed by atoms with Gasteiger partial charge in [-0.1, -0.05) is 63.6 Å². The molecule has 1 unspecified atom stereocenters. The molecule has 2 rings (SSSR count). The summed E-state index contributed by atoms with van der Waals surface area (Å²) in [5.74, 6) is 1.59. The fraction of sp³-hybridized carbons (Fsp3) is 0.714. The molecule has 0 aromatic heterocycles. The van der Waals surface area contributed by atoms with E-state index in [9.17, 15) is 0 Å². The average Bonchev–Trinajstić information content (AvgIpc) is 2.68. The monoisotopic (exact) mass is 413 g/mol. The van der Waals surface area contributed by atoms with Gasteiger partial charge in [-0.25, -0.2) is 0 Å². The zero-order valence-corrected chi connectivity index (χ0v) is 20.8. The van der Waals surface area contributed by atoms with Crippen LogP contribution in [-0.2, 0) is 16.6 Å². The normalized spacial score (nSPS) is 17.3. The lowest BCUT2D eigenvalue weighted by atomic mass is 9.77. The van der Waals surface area contributed by atoms with E-state index in [1.807, 2.05) is 7.11 Å². The SMILES string of the molecule is COCCCC1CCN(C(C=C(C)C)CC(C)(C)c2ccc(CC(C)C)cc2)CC1. The molecular weight excluding hydrogens is 366 g/mol. The first-order chi connectivity index (χ1) is 14.2. The molecule has 30 heavy (non-hydrogen) atoms. The van der Waals surface area contributed by atoms with Crippen molar-refractivity contribution in [1.82, 2.24) is 4.90 Å². The Hall–Kier alpha value is -1.12. The molecule has 1 saturated heterocycles. The Balaban J connectivity index is 2.02. The Bertz CT molecular complexity index is 631. The Morgan fingerprint density at radius 1 is 1.13 bits per heavy atom. The van der Waals surface area contributed by atoms with Gasteiger partial charge in [0.25, 0.3) is 0 Å². The Labute approximate surface area is 187 Å². The van der Waals surface area contributed by atoms with E-state index in [2.05, 4.69) is 76.8 Å². The van der Waals surface area contributed by atoms with Gasteiger partial charge in [0.05, 0.1) is 0 Å². The minimum absolute atomic E-state index is 0.169. The summed E-state index contributed by atoms with van der Waals surface area (Å²) in [7, 11) is 1.81. The van der Waals surface area contributed by atoms with Crippen molar-refractivity contribution in [2.45, 2.75) is 91.5 Å². The van der Waals surface area contributed by atoms with Crippen LogP contribution < -0.4 is 0 Å². The minimum atomic E-state index is 0.169. The molecule has 0 amide bonds. The summed E-state index contributed by atoms with van der Waals surface area (Å²) in [6.45, 7) is 17.3. The molecule has 1 aromatic rings. The van der Waals surface area contributed by atoms with Crippen LogP contribution in [0.15, 0.2) is 35.9 Å². The smallest absolute Gasteiger partial charge is 0.0462 e. The maximum Gasteiger partial charge on any atom is 0.0462 e. The van der Waals surface area contributed by atoms with E-state index in [1.165, 1.54) is 68.3 Å². The van der Waals surface area contributed by atoms with Gasteiger partial charge in [-0.2, -0.15) is 0 Å². The highest BCUT2D eigenvalue weighted by Crippen LogP contribution is 2.33. The van der Waals surface area contributed by atoms with Gasteiger partial charge in [-0.05, 0) is 93.8 Å². The Kier molecular flexibility index (Phi) is 10.1. The predicted molar refractivity (Wildman–Crippen MR) is 131 cm³/mol. The van der Waals surface area contributed by atoms with E-state index in [0.717, 1.165) is 12.5 Å². The van der Waals surface area contributed by atoms with Crippen LogP contribution in [0.3, 0.4) is 0 Å². The standard InChI is InChI=1S/C28H47NO/c1-22(2)19-25-10-12-26(13-11-25)28(5,6)21-27(20-23(3)4)29-16-14-24(15-17-29)9-8-18-30-7/h10-13,20,22,24,27H,8-9,14-19,21H2,1-7H3. The number of allylic oxidation sites excluding steroid dienone is 1. The number of rotatable bonds is 11. The molecule has 170 valence electrons. The number of piperidine rings is 1. The molecule has 1 fully saturated rings. The van der Waals surface area contributed by atoms with Crippen LogP contribution in [0.4, 0.5) is 0 Å². The fourth-order valence-electron chi connectivity index (χ4n) is 4.97. The predicted octanol–water partition coefficient (Wildman–Crippen LogP) is 7.03. The molecule has 1 atom stereocenters. The molecular formula is C28H47NO. The fourth-order valence-corrected chi connectivity index (χ4v) is 4.97. The number of likely N-dealkylation sites (tertiary alicyclic amines) is 1. The molecule has 2 nitrogen and oxygen atoms in total. The number of ether oxygens (including phenoxy) is 1. The van der Waals surface area contributed by atoms with E-state index < -0.39 is 0 Å². The van der Waals surface area contributed by atoms with Gasteiger partial charge in [0.15, 0.2) is 0 Å². The van der Waals surface area contributed by atoms with Crippen molar-refractivity contribution in [3.05, 3.63) is 47.0 Å². The first-order valence-electron chi connectivity index (χ1n) is 12.2. The maximum atomic E-state index is 5.24. The average molecular weight is 414 g/mol. The van der Waals surface area contributed by atoms with Crippen LogP contribution >= 0.6 is 0 Å². The Morgan fingerprint density at radius 2 is 1.77 bits per heavy atom. The number of hydrogen-bond donors (Lipinski definition) is 0. The summed E-state index contributed by atoms with van der Waals surface area (Å²) in [6.07, 6.45) is 10.1. The van der Waals surface area contributed by atoms with Crippen molar-refractivity contribution in [2.75, 3.05) is 26.8 Å². The molecule has 0 bridgehead atoms. The molecule has 1 heterocycles. The van der Waals surface area contributed by atoms with Crippen molar-refractivity contribution in [1.29, 1.82) is 0 Å². The topological polar surface area (TPSA) is 12.5 Å². The van der Waals surface area contributed by atoms with E-state index in [0.29, 0.717) is 12.0 Å². The zero-order chi connectivity index (χ0) is 22.1. The molecule has 1 aliphatic rings.